The fraction of sp³-hybridized carbons (Fsp3) is 0.350. The van der Waals surface area contributed by atoms with E-state index in [4.69, 9.17) is 9.47 Å². The molecule has 0 saturated carbocycles. The Bertz CT molecular complexity index is 931. The summed E-state index contributed by atoms with van der Waals surface area (Å²) in [6.45, 7) is 1.73. The van der Waals surface area contributed by atoms with Gasteiger partial charge in [-0.2, -0.15) is 0 Å². The van der Waals surface area contributed by atoms with E-state index in [1.54, 1.807) is 38.5 Å². The zero-order valence-corrected chi connectivity index (χ0v) is 17.6. The molecule has 2 aromatic rings. The van der Waals surface area contributed by atoms with E-state index in [0.29, 0.717) is 24.6 Å². The zero-order chi connectivity index (χ0) is 21.3. The van der Waals surface area contributed by atoms with E-state index in [9.17, 15) is 13.2 Å². The molecule has 0 heterocycles. The van der Waals surface area contributed by atoms with Crippen molar-refractivity contribution in [3.63, 3.8) is 0 Å². The summed E-state index contributed by atoms with van der Waals surface area (Å²) in [6, 6.07) is 12.3. The summed E-state index contributed by atoms with van der Waals surface area (Å²) in [5.74, 6) is 1.05. The molecule has 2 aromatic carbocycles. The average Bonchev–Trinajstić information content (AvgIpc) is 2.69. The number of carbonyl (C=O) groups excluding carboxylic acids is 1. The fourth-order valence-electron chi connectivity index (χ4n) is 2.72. The third kappa shape index (κ3) is 7.28. The van der Waals surface area contributed by atoms with E-state index in [1.807, 2.05) is 18.2 Å². The molecule has 0 aliphatic carbocycles. The third-order valence-corrected chi connectivity index (χ3v) is 4.68. The fourth-order valence-corrected chi connectivity index (χ4v) is 3.30. The van der Waals surface area contributed by atoms with Crippen LogP contribution in [0.4, 0.5) is 5.69 Å². The molecule has 3 N–H and O–H groups in total. The molecule has 158 valence electrons. The highest BCUT2D eigenvalue weighted by atomic mass is 32.2. The van der Waals surface area contributed by atoms with E-state index < -0.39 is 10.0 Å². The first-order valence-corrected chi connectivity index (χ1v) is 11.0. The Labute approximate surface area is 171 Å². The van der Waals surface area contributed by atoms with Crippen molar-refractivity contribution in [2.45, 2.75) is 6.42 Å². The normalized spacial score (nSPS) is 11.0. The van der Waals surface area contributed by atoms with Gasteiger partial charge in [-0.1, -0.05) is 18.2 Å². The minimum atomic E-state index is -3.46. The summed E-state index contributed by atoms with van der Waals surface area (Å²) in [5.41, 5.74) is 1.65. The molecular formula is C20H27N3O5S. The summed E-state index contributed by atoms with van der Waals surface area (Å²) in [6.07, 6.45) is 1.85. The van der Waals surface area contributed by atoms with Gasteiger partial charge < -0.3 is 20.1 Å². The quantitative estimate of drug-likeness (QED) is 0.477. The Morgan fingerprint density at radius 3 is 2.38 bits per heavy atom. The predicted octanol–water partition coefficient (Wildman–Crippen LogP) is 1.64. The van der Waals surface area contributed by atoms with Gasteiger partial charge in [0.05, 0.1) is 31.7 Å². The first-order valence-electron chi connectivity index (χ1n) is 9.10. The SMILES string of the molecule is COc1ccc(CCNCCNC(=O)c2ccccc2NS(C)(=O)=O)cc1OC. The van der Waals surface area contributed by atoms with E-state index in [0.717, 1.165) is 24.8 Å². The Morgan fingerprint density at radius 2 is 1.69 bits per heavy atom. The molecule has 0 fully saturated rings. The Balaban J connectivity index is 1.77. The van der Waals surface area contributed by atoms with Crippen molar-refractivity contribution in [1.29, 1.82) is 0 Å². The summed E-state index contributed by atoms with van der Waals surface area (Å²) >= 11 is 0. The molecule has 2 rings (SSSR count). The molecule has 8 nitrogen and oxygen atoms in total. The first kappa shape index (κ1) is 22.5. The molecule has 0 aliphatic rings. The lowest BCUT2D eigenvalue weighted by atomic mass is 10.1. The van der Waals surface area contributed by atoms with Gasteiger partial charge in [0.25, 0.3) is 5.91 Å². The lowest BCUT2D eigenvalue weighted by molar-refractivity contribution is 0.0955. The van der Waals surface area contributed by atoms with Gasteiger partial charge in [0.1, 0.15) is 0 Å². The van der Waals surface area contributed by atoms with Crippen molar-refractivity contribution in [2.75, 3.05) is 44.8 Å². The summed E-state index contributed by atoms with van der Waals surface area (Å²) < 4.78 is 35.7. The second kappa shape index (κ2) is 10.7. The van der Waals surface area contributed by atoms with Gasteiger partial charge in [0, 0.05) is 13.1 Å². The maximum atomic E-state index is 12.3. The van der Waals surface area contributed by atoms with Crippen LogP contribution in [0.2, 0.25) is 0 Å². The molecule has 0 aliphatic heterocycles. The molecule has 0 radical (unpaired) electrons. The smallest absolute Gasteiger partial charge is 0.253 e. The van der Waals surface area contributed by atoms with Crippen LogP contribution in [0.1, 0.15) is 15.9 Å². The summed E-state index contributed by atoms with van der Waals surface area (Å²) in [7, 11) is -0.257. The highest BCUT2D eigenvalue weighted by Crippen LogP contribution is 2.27. The van der Waals surface area contributed by atoms with Crippen molar-refractivity contribution < 1.29 is 22.7 Å². The average molecular weight is 422 g/mol. The number of amides is 1. The molecule has 0 bridgehead atoms. The van der Waals surface area contributed by atoms with Crippen molar-refractivity contribution in [3.8, 4) is 11.5 Å². The molecule has 0 aromatic heterocycles. The van der Waals surface area contributed by atoms with E-state index in [1.165, 1.54) is 0 Å². The number of benzene rings is 2. The van der Waals surface area contributed by atoms with Crippen LogP contribution >= 0.6 is 0 Å². The lowest BCUT2D eigenvalue weighted by Gasteiger charge is -2.12. The van der Waals surface area contributed by atoms with Crippen LogP contribution in [0.3, 0.4) is 0 Å². The zero-order valence-electron chi connectivity index (χ0n) is 16.8. The van der Waals surface area contributed by atoms with E-state index in [2.05, 4.69) is 15.4 Å². The van der Waals surface area contributed by atoms with Crippen LogP contribution in [-0.2, 0) is 16.4 Å². The van der Waals surface area contributed by atoms with Crippen molar-refractivity contribution in [3.05, 3.63) is 53.6 Å². The molecule has 0 saturated heterocycles. The number of methoxy groups -OCH3 is 2. The Morgan fingerprint density at radius 1 is 0.966 bits per heavy atom. The van der Waals surface area contributed by atoms with Gasteiger partial charge in [-0.25, -0.2) is 8.42 Å². The van der Waals surface area contributed by atoms with Crippen molar-refractivity contribution in [1.82, 2.24) is 10.6 Å². The van der Waals surface area contributed by atoms with Gasteiger partial charge in [-0.3, -0.25) is 9.52 Å². The van der Waals surface area contributed by atoms with Crippen molar-refractivity contribution >= 4 is 21.6 Å². The number of carbonyl (C=O) groups is 1. The van der Waals surface area contributed by atoms with Gasteiger partial charge in [0.2, 0.25) is 10.0 Å². The summed E-state index contributed by atoms with van der Waals surface area (Å²) in [5, 5.41) is 6.05. The number of nitrogens with one attached hydrogen (secondary N) is 3. The predicted molar refractivity (Wildman–Crippen MR) is 113 cm³/mol. The number of sulfonamides is 1. The van der Waals surface area contributed by atoms with Crippen LogP contribution in [0.15, 0.2) is 42.5 Å². The minimum Gasteiger partial charge on any atom is -0.493 e. The minimum absolute atomic E-state index is 0.258. The number of para-hydroxylation sites is 1. The Kier molecular flexibility index (Phi) is 8.29. The van der Waals surface area contributed by atoms with Crippen LogP contribution in [0, 0.1) is 0 Å². The van der Waals surface area contributed by atoms with Gasteiger partial charge >= 0.3 is 0 Å². The highest BCUT2D eigenvalue weighted by Gasteiger charge is 2.13. The first-order chi connectivity index (χ1) is 13.8. The maximum absolute atomic E-state index is 12.3. The van der Waals surface area contributed by atoms with Gasteiger partial charge in [-0.15, -0.1) is 0 Å². The number of hydrogen-bond acceptors (Lipinski definition) is 6. The van der Waals surface area contributed by atoms with Crippen LogP contribution in [-0.4, -0.2) is 54.4 Å². The molecular weight excluding hydrogens is 394 g/mol. The monoisotopic (exact) mass is 421 g/mol. The van der Waals surface area contributed by atoms with Crippen LogP contribution in [0.5, 0.6) is 11.5 Å². The third-order valence-electron chi connectivity index (χ3n) is 4.09. The van der Waals surface area contributed by atoms with Crippen LogP contribution < -0.4 is 24.8 Å². The second-order valence-corrected chi connectivity index (χ2v) is 8.11. The number of rotatable bonds is 11. The van der Waals surface area contributed by atoms with Gasteiger partial charge in [0.15, 0.2) is 11.5 Å². The number of anilines is 1. The highest BCUT2D eigenvalue weighted by molar-refractivity contribution is 7.92. The largest absolute Gasteiger partial charge is 0.493 e. The molecule has 0 unspecified atom stereocenters. The maximum Gasteiger partial charge on any atom is 0.253 e. The van der Waals surface area contributed by atoms with E-state index >= 15 is 0 Å². The second-order valence-electron chi connectivity index (χ2n) is 6.37. The van der Waals surface area contributed by atoms with E-state index in [-0.39, 0.29) is 17.2 Å². The van der Waals surface area contributed by atoms with Gasteiger partial charge in [-0.05, 0) is 42.8 Å². The molecule has 1 amide bonds. The summed E-state index contributed by atoms with van der Waals surface area (Å²) in [4.78, 5) is 12.3. The molecule has 29 heavy (non-hydrogen) atoms. The molecule has 0 spiro atoms. The lowest BCUT2D eigenvalue weighted by Crippen LogP contribution is -2.33. The number of hydrogen-bond donors (Lipinski definition) is 3. The standard InChI is InChI=1S/C20H27N3O5S/c1-27-18-9-8-15(14-19(18)28-2)10-11-21-12-13-22-20(24)16-6-4-5-7-17(16)23-29(3,25)26/h4-9,14,21,23H,10-13H2,1-3H3,(H,22,24). The Hall–Kier alpha value is -2.78. The number of ether oxygens (including phenoxy) is 2. The molecule has 0 atom stereocenters. The molecule has 9 heteroatoms. The topological polar surface area (TPSA) is 106 Å². The van der Waals surface area contributed by atoms with Crippen molar-refractivity contribution in [2.24, 2.45) is 0 Å². The van der Waals surface area contributed by atoms with Crippen LogP contribution in [0.25, 0.3) is 0 Å².